The number of fused-ring (bicyclic) bond motifs is 1. The van der Waals surface area contributed by atoms with Gasteiger partial charge in [0, 0.05) is 24.3 Å². The second-order valence-electron chi connectivity index (χ2n) is 6.68. The minimum absolute atomic E-state index is 0.417. The summed E-state index contributed by atoms with van der Waals surface area (Å²) in [6, 6.07) is 8.62. The molecule has 0 amide bonds. The quantitative estimate of drug-likeness (QED) is 0.572. The topological polar surface area (TPSA) is 36.3 Å². The van der Waals surface area contributed by atoms with Crippen molar-refractivity contribution in [1.29, 1.82) is 0 Å². The molecule has 1 aromatic heterocycles. The molecule has 0 N–H and O–H groups in total. The second-order valence-corrected chi connectivity index (χ2v) is 6.68. The van der Waals surface area contributed by atoms with E-state index in [1.54, 1.807) is 13.3 Å². The van der Waals surface area contributed by atoms with Crippen LogP contribution in [0.15, 0.2) is 43.0 Å². The largest absolute Gasteiger partial charge is 0.496 e. The minimum atomic E-state index is 0.417. The van der Waals surface area contributed by atoms with Gasteiger partial charge in [0.15, 0.2) is 0 Å². The Bertz CT molecular complexity index is 839. The van der Waals surface area contributed by atoms with E-state index in [-0.39, 0.29) is 0 Å². The lowest BCUT2D eigenvalue weighted by molar-refractivity contribution is 0.303. The minimum Gasteiger partial charge on any atom is -0.496 e. The van der Waals surface area contributed by atoms with Crippen LogP contribution >= 0.6 is 0 Å². The Hall–Kier alpha value is -2.49. The number of hydrogen-bond donors (Lipinski definition) is 0. The first kappa shape index (κ1) is 17.3. The molecule has 0 aliphatic rings. The average molecular weight is 338 g/mol. The van der Waals surface area contributed by atoms with E-state index in [0.717, 1.165) is 35.4 Å². The summed E-state index contributed by atoms with van der Waals surface area (Å²) in [6.07, 6.45) is 6.55. The Morgan fingerprint density at radius 3 is 2.72 bits per heavy atom. The standard InChI is InChI=1S/C21H26N2O2/c1-15(2)18-12-17-7-6-16(3)21(19(17)13-20(18)24-4)25-11-5-9-23-10-8-22-14-23/h6-8,10,12-15H,5,9,11H2,1-4H3. The Labute approximate surface area is 149 Å². The molecule has 4 nitrogen and oxygen atoms in total. The Kier molecular flexibility index (Phi) is 5.27. The third-order valence-electron chi connectivity index (χ3n) is 4.51. The summed E-state index contributed by atoms with van der Waals surface area (Å²) in [5.74, 6) is 2.30. The molecule has 0 fully saturated rings. The monoisotopic (exact) mass is 338 g/mol. The summed E-state index contributed by atoms with van der Waals surface area (Å²) in [4.78, 5) is 4.06. The molecule has 132 valence electrons. The van der Waals surface area contributed by atoms with Crippen molar-refractivity contribution >= 4 is 10.8 Å². The van der Waals surface area contributed by atoms with Gasteiger partial charge >= 0.3 is 0 Å². The van der Waals surface area contributed by atoms with Crippen molar-refractivity contribution in [2.45, 2.75) is 39.7 Å². The van der Waals surface area contributed by atoms with Crippen LogP contribution in [0.3, 0.4) is 0 Å². The first-order chi connectivity index (χ1) is 12.1. The van der Waals surface area contributed by atoms with E-state index in [2.05, 4.69) is 54.6 Å². The number of nitrogens with zero attached hydrogens (tertiary/aromatic N) is 2. The van der Waals surface area contributed by atoms with Crippen LogP contribution in [0.2, 0.25) is 0 Å². The van der Waals surface area contributed by atoms with E-state index in [0.29, 0.717) is 12.5 Å². The van der Waals surface area contributed by atoms with Gasteiger partial charge in [0.05, 0.1) is 20.0 Å². The predicted octanol–water partition coefficient (Wildman–Crippen LogP) is 4.95. The number of rotatable bonds is 7. The maximum atomic E-state index is 6.16. The third-order valence-corrected chi connectivity index (χ3v) is 4.51. The zero-order valence-corrected chi connectivity index (χ0v) is 15.5. The number of hydrogen-bond acceptors (Lipinski definition) is 3. The van der Waals surface area contributed by atoms with Gasteiger partial charge in [0.2, 0.25) is 0 Å². The summed E-state index contributed by atoms with van der Waals surface area (Å²) in [6.45, 7) is 8.04. The van der Waals surface area contributed by atoms with Crippen molar-refractivity contribution in [3.05, 3.63) is 54.1 Å². The van der Waals surface area contributed by atoms with Gasteiger partial charge in [-0.3, -0.25) is 0 Å². The molecular formula is C21H26N2O2. The van der Waals surface area contributed by atoms with Crippen LogP contribution in [-0.4, -0.2) is 23.3 Å². The van der Waals surface area contributed by atoms with E-state index < -0.39 is 0 Å². The molecule has 1 heterocycles. The summed E-state index contributed by atoms with van der Waals surface area (Å²) < 4.78 is 13.8. The molecule has 0 saturated heterocycles. The highest BCUT2D eigenvalue weighted by Gasteiger charge is 2.13. The van der Waals surface area contributed by atoms with Gasteiger partial charge in [-0.25, -0.2) is 4.98 Å². The normalized spacial score (nSPS) is 11.2. The number of benzene rings is 2. The Morgan fingerprint density at radius 2 is 2.04 bits per heavy atom. The van der Waals surface area contributed by atoms with Gasteiger partial charge in [0.25, 0.3) is 0 Å². The number of ether oxygens (including phenoxy) is 2. The van der Waals surface area contributed by atoms with Gasteiger partial charge < -0.3 is 14.0 Å². The van der Waals surface area contributed by atoms with Crippen molar-refractivity contribution in [1.82, 2.24) is 9.55 Å². The molecule has 3 aromatic rings. The number of methoxy groups -OCH3 is 1. The van der Waals surface area contributed by atoms with Crippen LogP contribution in [-0.2, 0) is 6.54 Å². The van der Waals surface area contributed by atoms with E-state index in [9.17, 15) is 0 Å². The zero-order chi connectivity index (χ0) is 17.8. The lowest BCUT2D eigenvalue weighted by Crippen LogP contribution is -2.04. The maximum Gasteiger partial charge on any atom is 0.130 e. The maximum absolute atomic E-state index is 6.16. The van der Waals surface area contributed by atoms with Crippen LogP contribution in [0.25, 0.3) is 10.8 Å². The third kappa shape index (κ3) is 3.78. The van der Waals surface area contributed by atoms with Crippen LogP contribution in [0.4, 0.5) is 0 Å². The van der Waals surface area contributed by atoms with Crippen molar-refractivity contribution in [3.63, 3.8) is 0 Å². The molecule has 0 spiro atoms. The van der Waals surface area contributed by atoms with Crippen LogP contribution < -0.4 is 9.47 Å². The molecular weight excluding hydrogens is 312 g/mol. The highest BCUT2D eigenvalue weighted by molar-refractivity contribution is 5.91. The van der Waals surface area contributed by atoms with Gasteiger partial charge in [0.1, 0.15) is 11.5 Å². The molecule has 0 aliphatic carbocycles. The highest BCUT2D eigenvalue weighted by atomic mass is 16.5. The van der Waals surface area contributed by atoms with Crippen LogP contribution in [0, 0.1) is 6.92 Å². The molecule has 0 aliphatic heterocycles. The number of aromatic nitrogens is 2. The molecule has 2 aromatic carbocycles. The molecule has 0 unspecified atom stereocenters. The van der Waals surface area contributed by atoms with Crippen molar-refractivity contribution in [3.8, 4) is 11.5 Å². The van der Waals surface area contributed by atoms with Gasteiger partial charge in [-0.05, 0) is 47.9 Å². The fourth-order valence-electron chi connectivity index (χ4n) is 3.11. The molecule has 3 rings (SSSR count). The van der Waals surface area contributed by atoms with Gasteiger partial charge in [-0.15, -0.1) is 0 Å². The SMILES string of the molecule is COc1cc2c(OCCCn3ccnc3)c(C)ccc2cc1C(C)C. The second kappa shape index (κ2) is 7.60. The molecule has 25 heavy (non-hydrogen) atoms. The molecule has 0 radical (unpaired) electrons. The fourth-order valence-corrected chi connectivity index (χ4v) is 3.11. The molecule has 0 saturated carbocycles. The van der Waals surface area contributed by atoms with Gasteiger partial charge in [-0.2, -0.15) is 0 Å². The lowest BCUT2D eigenvalue weighted by Gasteiger charge is -2.17. The van der Waals surface area contributed by atoms with E-state index in [1.807, 2.05) is 12.5 Å². The molecule has 0 bridgehead atoms. The van der Waals surface area contributed by atoms with Crippen molar-refractivity contribution in [2.75, 3.05) is 13.7 Å². The predicted molar refractivity (Wildman–Crippen MR) is 102 cm³/mol. The van der Waals surface area contributed by atoms with Gasteiger partial charge in [-0.1, -0.05) is 26.0 Å². The molecule has 4 heteroatoms. The summed E-state index contributed by atoms with van der Waals surface area (Å²) in [5.41, 5.74) is 2.37. The Morgan fingerprint density at radius 1 is 1.20 bits per heavy atom. The fraction of sp³-hybridized carbons (Fsp3) is 0.381. The van der Waals surface area contributed by atoms with E-state index >= 15 is 0 Å². The van der Waals surface area contributed by atoms with Crippen molar-refractivity contribution in [2.24, 2.45) is 0 Å². The highest BCUT2D eigenvalue weighted by Crippen LogP contribution is 2.37. The lowest BCUT2D eigenvalue weighted by atomic mass is 9.96. The average Bonchev–Trinajstić information content (AvgIpc) is 3.12. The van der Waals surface area contributed by atoms with E-state index in [4.69, 9.17) is 9.47 Å². The number of imidazole rings is 1. The van der Waals surface area contributed by atoms with E-state index in [1.165, 1.54) is 10.9 Å². The summed E-state index contributed by atoms with van der Waals surface area (Å²) in [7, 11) is 1.73. The molecule has 0 atom stereocenters. The Balaban J connectivity index is 1.84. The first-order valence-corrected chi connectivity index (χ1v) is 8.80. The smallest absolute Gasteiger partial charge is 0.130 e. The summed E-state index contributed by atoms with van der Waals surface area (Å²) >= 11 is 0. The summed E-state index contributed by atoms with van der Waals surface area (Å²) in [5, 5.41) is 2.31. The zero-order valence-electron chi connectivity index (χ0n) is 15.5. The van der Waals surface area contributed by atoms with Crippen molar-refractivity contribution < 1.29 is 9.47 Å². The van der Waals surface area contributed by atoms with Crippen LogP contribution in [0.5, 0.6) is 11.5 Å². The number of aryl methyl sites for hydroxylation is 2. The van der Waals surface area contributed by atoms with Crippen LogP contribution in [0.1, 0.15) is 37.3 Å². The first-order valence-electron chi connectivity index (χ1n) is 8.80.